The Morgan fingerprint density at radius 2 is 1.95 bits per heavy atom. The maximum absolute atomic E-state index is 12.4. The number of aliphatic carboxylic acids is 1. The Morgan fingerprint density at radius 3 is 2.52 bits per heavy atom. The van der Waals surface area contributed by atoms with Crippen molar-refractivity contribution in [2.24, 2.45) is 17.8 Å². The van der Waals surface area contributed by atoms with Crippen molar-refractivity contribution in [3.05, 3.63) is 21.9 Å². The third-order valence-corrected chi connectivity index (χ3v) is 4.31. The number of carboxylic acid groups (broad SMARTS) is 1. The molecule has 114 valence electrons. The minimum atomic E-state index is -0.934. The molecule has 1 saturated carbocycles. The van der Waals surface area contributed by atoms with Crippen LogP contribution in [0.2, 0.25) is 10.3 Å². The molecule has 21 heavy (non-hydrogen) atoms. The predicted octanol–water partition coefficient (Wildman–Crippen LogP) is 3.38. The van der Waals surface area contributed by atoms with Gasteiger partial charge in [-0.1, -0.05) is 30.1 Å². The second-order valence-electron chi connectivity index (χ2n) is 5.54. The highest BCUT2D eigenvalue weighted by atomic mass is 35.5. The molecule has 0 spiro atoms. The van der Waals surface area contributed by atoms with Gasteiger partial charge < -0.3 is 10.4 Å². The van der Waals surface area contributed by atoms with E-state index in [0.29, 0.717) is 24.1 Å². The molecule has 0 aromatic carbocycles. The van der Waals surface area contributed by atoms with Crippen LogP contribution in [0.15, 0.2) is 6.07 Å². The van der Waals surface area contributed by atoms with E-state index in [9.17, 15) is 14.7 Å². The summed E-state index contributed by atoms with van der Waals surface area (Å²) in [6, 6.07) is 1.59. The minimum absolute atomic E-state index is 0.103. The molecule has 1 aromatic rings. The molecule has 1 heterocycles. The van der Waals surface area contributed by atoms with Crippen LogP contribution >= 0.6 is 23.2 Å². The van der Waals surface area contributed by atoms with Crippen molar-refractivity contribution in [1.29, 1.82) is 0 Å². The Kier molecular flexibility index (Phi) is 4.74. The number of amides is 1. The van der Waals surface area contributed by atoms with Gasteiger partial charge in [0, 0.05) is 0 Å². The van der Waals surface area contributed by atoms with E-state index in [4.69, 9.17) is 23.2 Å². The quantitative estimate of drug-likeness (QED) is 0.832. The summed E-state index contributed by atoms with van der Waals surface area (Å²) >= 11 is 11.8. The second kappa shape index (κ2) is 6.20. The van der Waals surface area contributed by atoms with E-state index in [-0.39, 0.29) is 22.1 Å². The second-order valence-corrected chi connectivity index (χ2v) is 6.29. The number of pyridine rings is 1. The molecular formula is C14H16Cl2N2O3. The van der Waals surface area contributed by atoms with Gasteiger partial charge in [-0.3, -0.25) is 9.59 Å². The van der Waals surface area contributed by atoms with E-state index in [1.165, 1.54) is 0 Å². The highest BCUT2D eigenvalue weighted by Crippen LogP contribution is 2.38. The summed E-state index contributed by atoms with van der Waals surface area (Å²) < 4.78 is 0. The number of aromatic nitrogens is 1. The lowest BCUT2D eigenvalue weighted by Gasteiger charge is -2.17. The van der Waals surface area contributed by atoms with Gasteiger partial charge in [-0.2, -0.15) is 0 Å². The zero-order valence-corrected chi connectivity index (χ0v) is 13.2. The topological polar surface area (TPSA) is 79.3 Å². The lowest BCUT2D eigenvalue weighted by atomic mass is 9.95. The van der Waals surface area contributed by atoms with Gasteiger partial charge in [0.1, 0.15) is 5.15 Å². The molecule has 1 aromatic heterocycles. The molecule has 2 rings (SSSR count). The first-order chi connectivity index (χ1) is 9.79. The van der Waals surface area contributed by atoms with Gasteiger partial charge in [0.2, 0.25) is 5.91 Å². The molecule has 1 unspecified atom stereocenters. The van der Waals surface area contributed by atoms with Crippen molar-refractivity contribution in [1.82, 2.24) is 4.98 Å². The van der Waals surface area contributed by atoms with Gasteiger partial charge in [0.25, 0.3) is 0 Å². The van der Waals surface area contributed by atoms with Crippen LogP contribution in [0.25, 0.3) is 0 Å². The van der Waals surface area contributed by atoms with Crippen LogP contribution in [0.1, 0.15) is 25.3 Å². The molecule has 1 aliphatic carbocycles. The van der Waals surface area contributed by atoms with E-state index in [1.807, 2.05) is 6.92 Å². The largest absolute Gasteiger partial charge is 0.481 e. The predicted molar refractivity (Wildman–Crippen MR) is 80.6 cm³/mol. The number of rotatable bonds is 3. The molecule has 3 atom stereocenters. The summed E-state index contributed by atoms with van der Waals surface area (Å²) in [5.74, 6) is -2.26. The molecule has 2 N–H and O–H groups in total. The van der Waals surface area contributed by atoms with Gasteiger partial charge in [0.15, 0.2) is 5.15 Å². The van der Waals surface area contributed by atoms with Crippen molar-refractivity contribution in [2.75, 3.05) is 5.32 Å². The van der Waals surface area contributed by atoms with Crippen molar-refractivity contribution < 1.29 is 14.7 Å². The summed E-state index contributed by atoms with van der Waals surface area (Å²) in [6.07, 6.45) is 1.07. The van der Waals surface area contributed by atoms with Crippen LogP contribution < -0.4 is 5.32 Å². The van der Waals surface area contributed by atoms with Gasteiger partial charge in [-0.25, -0.2) is 4.98 Å². The number of hydrogen-bond acceptors (Lipinski definition) is 3. The van der Waals surface area contributed by atoms with E-state index in [0.717, 1.165) is 0 Å². The number of carbonyl (C=O) groups excluding carboxylic acids is 1. The SMILES string of the molecule is Cc1cc(Cl)nc(Cl)c1NC(=O)[C@H]1CC(C)C[C@H]1C(=O)O. The number of carboxylic acids is 1. The smallest absolute Gasteiger partial charge is 0.307 e. The zero-order chi connectivity index (χ0) is 15.7. The number of nitrogens with zero attached hydrogens (tertiary/aromatic N) is 1. The normalized spacial score (nSPS) is 24.9. The molecule has 0 aliphatic heterocycles. The zero-order valence-electron chi connectivity index (χ0n) is 11.7. The average Bonchev–Trinajstić information content (AvgIpc) is 2.76. The third-order valence-electron chi connectivity index (χ3n) is 3.84. The molecular weight excluding hydrogens is 315 g/mol. The molecule has 1 fully saturated rings. The van der Waals surface area contributed by atoms with E-state index in [2.05, 4.69) is 10.3 Å². The number of aryl methyl sites for hydroxylation is 1. The number of nitrogens with one attached hydrogen (secondary N) is 1. The first kappa shape index (κ1) is 16.0. The van der Waals surface area contributed by atoms with Crippen LogP contribution in [0, 0.1) is 24.7 Å². The molecule has 1 amide bonds. The Hall–Kier alpha value is -1.33. The van der Waals surface area contributed by atoms with Crippen molar-refractivity contribution in [3.8, 4) is 0 Å². The number of hydrogen-bond donors (Lipinski definition) is 2. The fourth-order valence-electron chi connectivity index (χ4n) is 2.82. The fourth-order valence-corrected chi connectivity index (χ4v) is 3.39. The van der Waals surface area contributed by atoms with E-state index >= 15 is 0 Å². The molecule has 0 radical (unpaired) electrons. The molecule has 5 nitrogen and oxygen atoms in total. The lowest BCUT2D eigenvalue weighted by Crippen LogP contribution is -2.30. The highest BCUT2D eigenvalue weighted by molar-refractivity contribution is 6.34. The van der Waals surface area contributed by atoms with Crippen molar-refractivity contribution in [2.45, 2.75) is 26.7 Å². The number of halogens is 2. The van der Waals surface area contributed by atoms with Crippen molar-refractivity contribution >= 4 is 40.8 Å². The molecule has 0 bridgehead atoms. The van der Waals surface area contributed by atoms with Crippen LogP contribution in [-0.2, 0) is 9.59 Å². The van der Waals surface area contributed by atoms with Crippen molar-refractivity contribution in [3.63, 3.8) is 0 Å². The maximum Gasteiger partial charge on any atom is 0.307 e. The lowest BCUT2D eigenvalue weighted by molar-refractivity contribution is -0.145. The van der Waals surface area contributed by atoms with Crippen LogP contribution in [-0.4, -0.2) is 22.0 Å². The van der Waals surface area contributed by atoms with Gasteiger partial charge in [-0.05, 0) is 37.3 Å². The average molecular weight is 331 g/mol. The van der Waals surface area contributed by atoms with E-state index in [1.54, 1.807) is 13.0 Å². The minimum Gasteiger partial charge on any atom is -0.481 e. The Balaban J connectivity index is 2.20. The summed E-state index contributed by atoms with van der Waals surface area (Å²) in [5, 5.41) is 12.3. The van der Waals surface area contributed by atoms with Crippen LogP contribution in [0.3, 0.4) is 0 Å². The Bertz CT molecular complexity index is 569. The first-order valence-electron chi connectivity index (χ1n) is 6.66. The molecule has 1 aliphatic rings. The van der Waals surface area contributed by atoms with E-state index < -0.39 is 17.8 Å². The van der Waals surface area contributed by atoms with Crippen LogP contribution in [0.5, 0.6) is 0 Å². The first-order valence-corrected chi connectivity index (χ1v) is 7.41. The monoisotopic (exact) mass is 330 g/mol. The molecule has 0 saturated heterocycles. The fraction of sp³-hybridized carbons (Fsp3) is 0.500. The maximum atomic E-state index is 12.4. The van der Waals surface area contributed by atoms with Gasteiger partial charge in [0.05, 0.1) is 17.5 Å². The van der Waals surface area contributed by atoms with Gasteiger partial charge >= 0.3 is 5.97 Å². The Labute approximate surface area is 132 Å². The number of carbonyl (C=O) groups is 2. The van der Waals surface area contributed by atoms with Crippen LogP contribution in [0.4, 0.5) is 5.69 Å². The molecule has 7 heteroatoms. The summed E-state index contributed by atoms with van der Waals surface area (Å²) in [7, 11) is 0. The summed E-state index contributed by atoms with van der Waals surface area (Å²) in [5.41, 5.74) is 1.07. The highest BCUT2D eigenvalue weighted by Gasteiger charge is 2.41. The number of anilines is 1. The summed E-state index contributed by atoms with van der Waals surface area (Å²) in [4.78, 5) is 27.5. The standard InChI is InChI=1S/C14H16Cl2N2O3/c1-6-3-8(9(4-6)14(20)21)13(19)18-11-7(2)5-10(15)17-12(11)16/h5-6,8-9H,3-4H2,1-2H3,(H,18,19)(H,20,21)/t6?,8-,9+/m0/s1. The third kappa shape index (κ3) is 3.47. The Morgan fingerprint density at radius 1 is 1.33 bits per heavy atom. The van der Waals surface area contributed by atoms with Gasteiger partial charge in [-0.15, -0.1) is 0 Å². The summed E-state index contributed by atoms with van der Waals surface area (Å²) in [6.45, 7) is 3.70.